The third-order valence-corrected chi connectivity index (χ3v) is 2.51. The van der Waals surface area contributed by atoms with Gasteiger partial charge in [0.1, 0.15) is 0 Å². The molecule has 0 spiro atoms. The second kappa shape index (κ2) is 4.71. The maximum Gasteiger partial charge on any atom is 0.393 e. The lowest BCUT2D eigenvalue weighted by atomic mass is 9.84. The Morgan fingerprint density at radius 3 is 2.62 bits per heavy atom. The van der Waals surface area contributed by atoms with E-state index in [0.717, 1.165) is 0 Å². The highest BCUT2D eigenvalue weighted by atomic mass is 19.4. The Morgan fingerprint density at radius 2 is 2.19 bits per heavy atom. The van der Waals surface area contributed by atoms with Gasteiger partial charge in [-0.3, -0.25) is 9.59 Å². The summed E-state index contributed by atoms with van der Waals surface area (Å²) >= 11 is 0. The zero-order valence-electron chi connectivity index (χ0n) is 8.29. The molecule has 0 aromatic rings. The van der Waals surface area contributed by atoms with Crippen LogP contribution in [0.4, 0.5) is 13.2 Å². The summed E-state index contributed by atoms with van der Waals surface area (Å²) in [5.74, 6) is -6.06. The van der Waals surface area contributed by atoms with E-state index in [9.17, 15) is 22.8 Å². The van der Waals surface area contributed by atoms with Gasteiger partial charge in [-0.15, -0.1) is 0 Å². The number of ether oxygens (including phenoxy) is 1. The first-order valence-corrected chi connectivity index (χ1v) is 4.77. The van der Waals surface area contributed by atoms with Crippen molar-refractivity contribution < 1.29 is 32.6 Å². The summed E-state index contributed by atoms with van der Waals surface area (Å²) < 4.78 is 42.2. The molecule has 1 heterocycles. The zero-order chi connectivity index (χ0) is 12.3. The van der Waals surface area contributed by atoms with Gasteiger partial charge < -0.3 is 9.84 Å². The Bertz CT molecular complexity index is 287. The van der Waals surface area contributed by atoms with Gasteiger partial charge in [-0.1, -0.05) is 0 Å². The van der Waals surface area contributed by atoms with Crippen LogP contribution in [0.5, 0.6) is 0 Å². The number of rotatable bonds is 3. The number of hydrogen-bond acceptors (Lipinski definition) is 3. The summed E-state index contributed by atoms with van der Waals surface area (Å²) in [6, 6.07) is 0. The van der Waals surface area contributed by atoms with Crippen molar-refractivity contribution in [2.24, 2.45) is 11.8 Å². The molecule has 4 nitrogen and oxygen atoms in total. The molecule has 0 radical (unpaired) electrons. The number of alkyl halides is 3. The lowest BCUT2D eigenvalue weighted by Gasteiger charge is -2.29. The Labute approximate surface area is 89.4 Å². The lowest BCUT2D eigenvalue weighted by Crippen LogP contribution is -2.39. The molecule has 0 unspecified atom stereocenters. The highest BCUT2D eigenvalue weighted by Crippen LogP contribution is 2.38. The fraction of sp³-hybridized carbons (Fsp3) is 0.778. The van der Waals surface area contributed by atoms with E-state index in [4.69, 9.17) is 5.11 Å². The number of carbonyl (C=O) groups is 2. The monoisotopic (exact) mass is 240 g/mol. The molecule has 1 saturated heterocycles. The quantitative estimate of drug-likeness (QED) is 0.761. The molecule has 0 saturated carbocycles. The van der Waals surface area contributed by atoms with Crippen LogP contribution in [0.1, 0.15) is 19.3 Å². The first-order valence-electron chi connectivity index (χ1n) is 4.77. The Kier molecular flexibility index (Phi) is 3.77. The summed E-state index contributed by atoms with van der Waals surface area (Å²) in [7, 11) is 0. The molecule has 7 heteroatoms. The molecule has 92 valence electrons. The normalized spacial score (nSPS) is 23.7. The van der Waals surface area contributed by atoms with Crippen LogP contribution >= 0.6 is 0 Å². The van der Waals surface area contributed by atoms with Gasteiger partial charge >= 0.3 is 18.1 Å². The number of cyclic esters (lactones) is 1. The van der Waals surface area contributed by atoms with Crippen LogP contribution in [0.3, 0.4) is 0 Å². The number of carbonyl (C=O) groups excluding carboxylic acids is 1. The SMILES string of the molecule is O=C(O)C[C@H]([C@H]1CCCOC1=O)C(F)(F)F. The van der Waals surface area contributed by atoms with Gasteiger partial charge in [-0.2, -0.15) is 13.2 Å². The van der Waals surface area contributed by atoms with Crippen molar-refractivity contribution in [3.05, 3.63) is 0 Å². The second-order valence-electron chi connectivity index (χ2n) is 3.66. The van der Waals surface area contributed by atoms with Crippen LogP contribution in [-0.4, -0.2) is 29.8 Å². The van der Waals surface area contributed by atoms with Gasteiger partial charge in [-0.25, -0.2) is 0 Å². The zero-order valence-corrected chi connectivity index (χ0v) is 8.29. The van der Waals surface area contributed by atoms with Gasteiger partial charge in [0, 0.05) is 0 Å². The van der Waals surface area contributed by atoms with E-state index in [1.54, 1.807) is 0 Å². The number of hydrogen-bond donors (Lipinski definition) is 1. The summed E-state index contributed by atoms with van der Waals surface area (Å²) in [4.78, 5) is 21.5. The molecule has 0 bridgehead atoms. The van der Waals surface area contributed by atoms with E-state index < -0.39 is 36.4 Å². The van der Waals surface area contributed by atoms with Crippen LogP contribution in [0, 0.1) is 11.8 Å². The topological polar surface area (TPSA) is 63.6 Å². The van der Waals surface area contributed by atoms with Gasteiger partial charge in [-0.05, 0) is 12.8 Å². The Hall–Kier alpha value is -1.27. The molecule has 1 N–H and O–H groups in total. The summed E-state index contributed by atoms with van der Waals surface area (Å²) in [5, 5.41) is 8.41. The molecule has 0 aromatic carbocycles. The maximum atomic E-state index is 12.6. The largest absolute Gasteiger partial charge is 0.481 e. The van der Waals surface area contributed by atoms with Crippen molar-refractivity contribution in [1.29, 1.82) is 0 Å². The van der Waals surface area contributed by atoms with E-state index in [1.807, 2.05) is 0 Å². The predicted octanol–water partition coefficient (Wildman–Crippen LogP) is 1.59. The van der Waals surface area contributed by atoms with E-state index in [0.29, 0.717) is 6.42 Å². The second-order valence-corrected chi connectivity index (χ2v) is 3.66. The van der Waals surface area contributed by atoms with Crippen molar-refractivity contribution in [3.8, 4) is 0 Å². The minimum Gasteiger partial charge on any atom is -0.481 e. The first-order chi connectivity index (χ1) is 7.32. The van der Waals surface area contributed by atoms with Gasteiger partial charge in [0.25, 0.3) is 0 Å². The van der Waals surface area contributed by atoms with E-state index >= 15 is 0 Å². The molecule has 1 fully saturated rings. The van der Waals surface area contributed by atoms with Crippen LogP contribution in [0.25, 0.3) is 0 Å². The number of carboxylic acid groups (broad SMARTS) is 1. The number of aliphatic carboxylic acids is 1. The molecule has 0 aliphatic carbocycles. The van der Waals surface area contributed by atoms with Crippen molar-refractivity contribution in [2.75, 3.05) is 6.61 Å². The minimum absolute atomic E-state index is 0.0241. The summed E-state index contributed by atoms with van der Waals surface area (Å²) in [6.07, 6.45) is -5.43. The average Bonchev–Trinajstić information content (AvgIpc) is 2.13. The van der Waals surface area contributed by atoms with Crippen molar-refractivity contribution in [2.45, 2.75) is 25.4 Å². The lowest BCUT2D eigenvalue weighted by molar-refractivity contribution is -0.207. The van der Waals surface area contributed by atoms with Crippen molar-refractivity contribution >= 4 is 11.9 Å². The minimum atomic E-state index is -4.70. The highest BCUT2D eigenvalue weighted by Gasteiger charge is 2.49. The average molecular weight is 240 g/mol. The maximum absolute atomic E-state index is 12.6. The van der Waals surface area contributed by atoms with Crippen LogP contribution < -0.4 is 0 Å². The number of esters is 1. The Balaban J connectivity index is 2.82. The van der Waals surface area contributed by atoms with Gasteiger partial charge in [0.05, 0.1) is 24.9 Å². The molecular weight excluding hydrogens is 229 g/mol. The van der Waals surface area contributed by atoms with Gasteiger partial charge in [0.2, 0.25) is 0 Å². The Morgan fingerprint density at radius 1 is 1.56 bits per heavy atom. The molecule has 0 aromatic heterocycles. The van der Waals surface area contributed by atoms with Gasteiger partial charge in [0.15, 0.2) is 0 Å². The van der Waals surface area contributed by atoms with Crippen molar-refractivity contribution in [1.82, 2.24) is 0 Å². The first kappa shape index (κ1) is 12.8. The molecular formula is C9H11F3O4. The summed E-state index contributed by atoms with van der Waals surface area (Å²) in [5.41, 5.74) is 0. The number of carboxylic acids is 1. The smallest absolute Gasteiger partial charge is 0.393 e. The highest BCUT2D eigenvalue weighted by molar-refractivity contribution is 5.75. The molecule has 1 aliphatic heterocycles. The standard InChI is InChI=1S/C9H11F3O4/c10-9(11,12)6(4-7(13)14)5-2-1-3-16-8(5)15/h5-6H,1-4H2,(H,13,14)/t5-,6-/m1/s1. The van der Waals surface area contributed by atoms with E-state index in [1.165, 1.54) is 0 Å². The number of halogens is 3. The van der Waals surface area contributed by atoms with Crippen LogP contribution in [0.15, 0.2) is 0 Å². The fourth-order valence-corrected chi connectivity index (χ4v) is 1.74. The molecule has 0 amide bonds. The molecule has 16 heavy (non-hydrogen) atoms. The molecule has 2 atom stereocenters. The molecule has 1 aliphatic rings. The fourth-order valence-electron chi connectivity index (χ4n) is 1.74. The summed E-state index contributed by atoms with van der Waals surface area (Å²) in [6.45, 7) is 0.104. The van der Waals surface area contributed by atoms with Crippen LogP contribution in [-0.2, 0) is 14.3 Å². The van der Waals surface area contributed by atoms with E-state index in [2.05, 4.69) is 4.74 Å². The van der Waals surface area contributed by atoms with Crippen molar-refractivity contribution in [3.63, 3.8) is 0 Å². The predicted molar refractivity (Wildman–Crippen MR) is 45.5 cm³/mol. The van der Waals surface area contributed by atoms with E-state index in [-0.39, 0.29) is 13.0 Å². The third kappa shape index (κ3) is 3.11. The third-order valence-electron chi connectivity index (χ3n) is 2.51. The molecule has 1 rings (SSSR count). The van der Waals surface area contributed by atoms with Crippen LogP contribution in [0.2, 0.25) is 0 Å².